The number of rotatable bonds is 4. The highest BCUT2D eigenvalue weighted by molar-refractivity contribution is 7.80. The molecule has 4 aromatic carbocycles. The van der Waals surface area contributed by atoms with E-state index in [0.29, 0.717) is 13.0 Å². The summed E-state index contributed by atoms with van der Waals surface area (Å²) in [5, 5.41) is 5.59. The van der Waals surface area contributed by atoms with Gasteiger partial charge in [-0.25, -0.2) is 0 Å². The zero-order valence-corrected chi connectivity index (χ0v) is 17.2. The molecule has 0 radical (unpaired) electrons. The van der Waals surface area contributed by atoms with Gasteiger partial charge in [-0.15, -0.1) is 0 Å². The SMILES string of the molecule is S=C1CC(c2ccc(COc3cccc4ccccc34)cc2)=Nc2ccccc2N1. The molecule has 1 heterocycles. The van der Waals surface area contributed by atoms with Gasteiger partial charge in [-0.2, -0.15) is 0 Å². The maximum absolute atomic E-state index is 6.11. The molecule has 146 valence electrons. The summed E-state index contributed by atoms with van der Waals surface area (Å²) in [4.78, 5) is 5.63. The Bertz CT molecular complexity index is 1260. The van der Waals surface area contributed by atoms with Crippen molar-refractivity contribution in [2.75, 3.05) is 5.32 Å². The van der Waals surface area contributed by atoms with Crippen LogP contribution in [0, 0.1) is 0 Å². The van der Waals surface area contributed by atoms with Gasteiger partial charge in [0.1, 0.15) is 12.4 Å². The zero-order valence-electron chi connectivity index (χ0n) is 16.3. The van der Waals surface area contributed by atoms with Crippen molar-refractivity contribution in [3.63, 3.8) is 0 Å². The summed E-state index contributed by atoms with van der Waals surface area (Å²) < 4.78 is 6.11. The number of nitrogens with one attached hydrogen (secondary N) is 1. The van der Waals surface area contributed by atoms with E-state index < -0.39 is 0 Å². The van der Waals surface area contributed by atoms with Gasteiger partial charge in [0.15, 0.2) is 0 Å². The summed E-state index contributed by atoms with van der Waals surface area (Å²) in [6, 6.07) is 30.8. The number of para-hydroxylation sites is 2. The summed E-state index contributed by atoms with van der Waals surface area (Å²) in [6.45, 7) is 0.517. The van der Waals surface area contributed by atoms with Crippen molar-refractivity contribution in [3.8, 4) is 5.75 Å². The Balaban J connectivity index is 1.36. The highest BCUT2D eigenvalue weighted by Crippen LogP contribution is 2.29. The van der Waals surface area contributed by atoms with Crippen LogP contribution in [-0.4, -0.2) is 10.7 Å². The van der Waals surface area contributed by atoms with Gasteiger partial charge >= 0.3 is 0 Å². The number of hydrogen-bond donors (Lipinski definition) is 1. The lowest BCUT2D eigenvalue weighted by Crippen LogP contribution is -2.13. The normalized spacial score (nSPS) is 13.2. The topological polar surface area (TPSA) is 33.6 Å². The standard InChI is InChI=1S/C26H20N2OS/c30-26-16-24(27-22-9-3-4-10-23(22)28-26)20-14-12-18(13-15-20)17-29-25-11-5-7-19-6-1-2-8-21(19)25/h1-15H,16-17H2,(H,28,30). The monoisotopic (exact) mass is 408 g/mol. The van der Waals surface area contributed by atoms with Crippen LogP contribution in [-0.2, 0) is 6.61 Å². The largest absolute Gasteiger partial charge is 0.488 e. The molecule has 5 rings (SSSR count). The molecule has 0 aromatic heterocycles. The second-order valence-corrected chi connectivity index (χ2v) is 7.76. The average Bonchev–Trinajstić information content (AvgIpc) is 2.96. The van der Waals surface area contributed by atoms with Gasteiger partial charge in [0.05, 0.1) is 22.1 Å². The molecule has 30 heavy (non-hydrogen) atoms. The van der Waals surface area contributed by atoms with Gasteiger partial charge in [0.2, 0.25) is 0 Å². The van der Waals surface area contributed by atoms with Crippen LogP contribution in [0.4, 0.5) is 11.4 Å². The first-order valence-corrected chi connectivity index (χ1v) is 10.3. The number of benzene rings is 4. The second kappa shape index (κ2) is 8.09. The average molecular weight is 409 g/mol. The molecular weight excluding hydrogens is 388 g/mol. The molecule has 0 spiro atoms. The molecule has 0 unspecified atom stereocenters. The molecule has 0 bridgehead atoms. The lowest BCUT2D eigenvalue weighted by atomic mass is 10.1. The first-order valence-electron chi connectivity index (χ1n) is 9.92. The minimum absolute atomic E-state index is 0.517. The molecule has 0 atom stereocenters. The Morgan fingerprint density at radius 2 is 1.60 bits per heavy atom. The van der Waals surface area contributed by atoms with Gasteiger partial charge < -0.3 is 10.1 Å². The van der Waals surface area contributed by atoms with Gasteiger partial charge in [-0.3, -0.25) is 4.99 Å². The first kappa shape index (κ1) is 18.5. The Kier molecular flexibility index (Phi) is 4.99. The molecule has 0 aliphatic carbocycles. The highest BCUT2D eigenvalue weighted by Gasteiger charge is 2.14. The summed E-state index contributed by atoms with van der Waals surface area (Å²) in [5.74, 6) is 0.901. The van der Waals surface area contributed by atoms with Crippen LogP contribution in [0.3, 0.4) is 0 Å². The molecule has 4 aromatic rings. The lowest BCUT2D eigenvalue weighted by molar-refractivity contribution is 0.310. The van der Waals surface area contributed by atoms with Gasteiger partial charge in [0.25, 0.3) is 0 Å². The molecule has 3 nitrogen and oxygen atoms in total. The number of aliphatic imine (C=N–C) groups is 1. The molecule has 0 amide bonds. The third kappa shape index (κ3) is 3.82. The summed E-state index contributed by atoms with van der Waals surface area (Å²) in [6.07, 6.45) is 0.621. The number of ether oxygens (including phenoxy) is 1. The number of nitrogens with zero attached hydrogens (tertiary/aromatic N) is 1. The second-order valence-electron chi connectivity index (χ2n) is 7.26. The van der Waals surface area contributed by atoms with E-state index in [-0.39, 0.29) is 0 Å². The fourth-order valence-electron chi connectivity index (χ4n) is 3.65. The van der Waals surface area contributed by atoms with Crippen LogP contribution in [0.5, 0.6) is 5.75 Å². The third-order valence-electron chi connectivity index (χ3n) is 5.19. The summed E-state index contributed by atoms with van der Waals surface area (Å²) in [5.41, 5.74) is 5.03. The number of hydrogen-bond acceptors (Lipinski definition) is 3. The van der Waals surface area contributed by atoms with Crippen molar-refractivity contribution < 1.29 is 4.74 Å². The number of fused-ring (bicyclic) bond motifs is 2. The van der Waals surface area contributed by atoms with Crippen molar-refractivity contribution in [1.29, 1.82) is 0 Å². The lowest BCUT2D eigenvalue weighted by Gasteiger charge is -2.10. The van der Waals surface area contributed by atoms with E-state index in [1.807, 2.05) is 48.5 Å². The molecule has 0 saturated carbocycles. The minimum Gasteiger partial charge on any atom is -0.488 e. The van der Waals surface area contributed by atoms with Crippen molar-refractivity contribution in [3.05, 3.63) is 102 Å². The molecule has 1 aliphatic rings. The van der Waals surface area contributed by atoms with E-state index >= 15 is 0 Å². The highest BCUT2D eigenvalue weighted by atomic mass is 32.1. The van der Waals surface area contributed by atoms with E-state index in [0.717, 1.165) is 44.3 Å². The number of anilines is 1. The molecule has 1 aliphatic heterocycles. The third-order valence-corrected chi connectivity index (χ3v) is 5.44. The summed E-state index contributed by atoms with van der Waals surface area (Å²) >= 11 is 5.49. The molecular formula is C26H20N2OS. The number of thiocarbonyl (C=S) groups is 1. The quantitative estimate of drug-likeness (QED) is 0.382. The Hall–Kier alpha value is -3.50. The smallest absolute Gasteiger partial charge is 0.127 e. The van der Waals surface area contributed by atoms with Crippen LogP contribution < -0.4 is 10.1 Å². The van der Waals surface area contributed by atoms with Crippen molar-refractivity contribution in [2.45, 2.75) is 13.0 Å². The van der Waals surface area contributed by atoms with Gasteiger partial charge in [-0.05, 0) is 34.7 Å². The van der Waals surface area contributed by atoms with Crippen molar-refractivity contribution in [2.24, 2.45) is 4.99 Å². The van der Waals surface area contributed by atoms with Gasteiger partial charge in [-0.1, -0.05) is 85.0 Å². The van der Waals surface area contributed by atoms with E-state index in [2.05, 4.69) is 47.8 Å². The van der Waals surface area contributed by atoms with E-state index in [4.69, 9.17) is 21.9 Å². The minimum atomic E-state index is 0.517. The maximum atomic E-state index is 6.11. The predicted octanol–water partition coefficient (Wildman–Crippen LogP) is 6.68. The molecule has 4 heteroatoms. The van der Waals surface area contributed by atoms with Crippen molar-refractivity contribution >= 4 is 45.1 Å². The fraction of sp³-hybridized carbons (Fsp3) is 0.0769. The van der Waals surface area contributed by atoms with Crippen LogP contribution in [0.15, 0.2) is 96.0 Å². The van der Waals surface area contributed by atoms with E-state index in [1.54, 1.807) is 0 Å². The van der Waals surface area contributed by atoms with Crippen LogP contribution in [0.25, 0.3) is 10.8 Å². The Morgan fingerprint density at radius 1 is 0.833 bits per heavy atom. The van der Waals surface area contributed by atoms with Crippen molar-refractivity contribution in [1.82, 2.24) is 0 Å². The van der Waals surface area contributed by atoms with E-state index in [9.17, 15) is 0 Å². The Labute approximate surface area is 181 Å². The Morgan fingerprint density at radius 3 is 2.50 bits per heavy atom. The summed E-state index contributed by atoms with van der Waals surface area (Å²) in [7, 11) is 0. The maximum Gasteiger partial charge on any atom is 0.127 e. The van der Waals surface area contributed by atoms with E-state index in [1.165, 1.54) is 5.39 Å². The van der Waals surface area contributed by atoms with Crippen LogP contribution in [0.1, 0.15) is 17.5 Å². The van der Waals surface area contributed by atoms with Crippen LogP contribution in [0.2, 0.25) is 0 Å². The van der Waals surface area contributed by atoms with Gasteiger partial charge in [0, 0.05) is 11.8 Å². The first-order chi connectivity index (χ1) is 14.8. The van der Waals surface area contributed by atoms with Crippen LogP contribution >= 0.6 is 12.2 Å². The molecule has 0 fully saturated rings. The zero-order chi connectivity index (χ0) is 20.3. The fourth-order valence-corrected chi connectivity index (χ4v) is 3.90. The predicted molar refractivity (Wildman–Crippen MR) is 128 cm³/mol. The molecule has 0 saturated heterocycles. The molecule has 1 N–H and O–H groups in total.